The minimum Gasteiger partial charge on any atom is -0.389 e. The fraction of sp³-hybridized carbons (Fsp3) is 0.500. The van der Waals surface area contributed by atoms with E-state index in [0.29, 0.717) is 25.1 Å². The van der Waals surface area contributed by atoms with Gasteiger partial charge in [0.15, 0.2) is 0 Å². The Bertz CT molecular complexity index is 771. The Morgan fingerprint density at radius 3 is 2.84 bits per heavy atom. The Labute approximate surface area is 148 Å². The van der Waals surface area contributed by atoms with E-state index in [2.05, 4.69) is 5.10 Å². The minimum atomic E-state index is -0.563. The van der Waals surface area contributed by atoms with E-state index >= 15 is 0 Å². The molecule has 5 heteroatoms. The monoisotopic (exact) mass is 339 g/mol. The predicted molar refractivity (Wildman–Crippen MR) is 96.1 cm³/mol. The Morgan fingerprint density at radius 1 is 1.24 bits per heavy atom. The number of fused-ring (bicyclic) bond motifs is 1. The number of aliphatic hydroxyl groups is 1. The van der Waals surface area contributed by atoms with Crippen LogP contribution in [0.15, 0.2) is 36.5 Å². The van der Waals surface area contributed by atoms with Gasteiger partial charge < -0.3 is 10.0 Å². The van der Waals surface area contributed by atoms with Crippen molar-refractivity contribution in [3.63, 3.8) is 0 Å². The van der Waals surface area contributed by atoms with Crippen LogP contribution in [0, 0.1) is 5.92 Å². The average molecular weight is 339 g/mol. The summed E-state index contributed by atoms with van der Waals surface area (Å²) in [6.45, 7) is 1.27. The average Bonchev–Trinajstić information content (AvgIpc) is 3.03. The molecular weight excluding hydrogens is 314 g/mol. The van der Waals surface area contributed by atoms with Crippen molar-refractivity contribution in [3.05, 3.63) is 42.1 Å². The molecule has 2 unspecified atom stereocenters. The van der Waals surface area contributed by atoms with Gasteiger partial charge in [-0.3, -0.25) is 9.48 Å². The van der Waals surface area contributed by atoms with Crippen LogP contribution in [0.2, 0.25) is 0 Å². The van der Waals surface area contributed by atoms with E-state index < -0.39 is 5.60 Å². The van der Waals surface area contributed by atoms with Crippen molar-refractivity contribution in [1.82, 2.24) is 14.7 Å². The fourth-order valence-electron chi connectivity index (χ4n) is 4.38. The number of piperidine rings is 1. The number of aromatic nitrogens is 2. The van der Waals surface area contributed by atoms with Gasteiger partial charge in [-0.25, -0.2) is 0 Å². The van der Waals surface area contributed by atoms with Gasteiger partial charge in [0.25, 0.3) is 5.91 Å². The number of hydrogen-bond acceptors (Lipinski definition) is 3. The highest BCUT2D eigenvalue weighted by atomic mass is 16.3. The molecule has 1 amide bonds. The first-order chi connectivity index (χ1) is 12.1. The molecule has 0 spiro atoms. The molecular formula is C20H25N3O2. The molecule has 1 aromatic carbocycles. The number of carbonyl (C=O) groups is 1. The standard InChI is InChI=1S/C20H25N3O2/c1-22-14-17(18(21-22)15-7-3-2-4-8-15)19(24)23-12-11-20(25)10-6-5-9-16(20)13-23/h2-4,7-8,14,16,25H,5-6,9-13H2,1H3. The van der Waals surface area contributed by atoms with Crippen molar-refractivity contribution in [2.24, 2.45) is 13.0 Å². The first-order valence-electron chi connectivity index (χ1n) is 9.17. The van der Waals surface area contributed by atoms with Crippen molar-refractivity contribution in [2.75, 3.05) is 13.1 Å². The Balaban J connectivity index is 1.60. The summed E-state index contributed by atoms with van der Waals surface area (Å²) in [4.78, 5) is 15.1. The van der Waals surface area contributed by atoms with Crippen LogP contribution in [0.3, 0.4) is 0 Å². The molecule has 1 saturated carbocycles. The van der Waals surface area contributed by atoms with E-state index in [9.17, 15) is 9.90 Å². The predicted octanol–water partition coefficient (Wildman–Crippen LogP) is 2.85. The number of carbonyl (C=O) groups excluding carboxylic acids is 1. The van der Waals surface area contributed by atoms with E-state index in [-0.39, 0.29) is 11.8 Å². The van der Waals surface area contributed by atoms with Crippen LogP contribution in [0.5, 0.6) is 0 Å². The van der Waals surface area contributed by atoms with Crippen LogP contribution in [0.4, 0.5) is 0 Å². The first kappa shape index (κ1) is 16.3. The quantitative estimate of drug-likeness (QED) is 0.915. The van der Waals surface area contributed by atoms with Gasteiger partial charge in [-0.2, -0.15) is 5.10 Å². The second kappa shape index (κ2) is 6.30. The Morgan fingerprint density at radius 2 is 2.04 bits per heavy atom. The molecule has 1 saturated heterocycles. The molecule has 5 nitrogen and oxygen atoms in total. The van der Waals surface area contributed by atoms with Gasteiger partial charge in [-0.1, -0.05) is 43.2 Å². The van der Waals surface area contributed by atoms with E-state index in [4.69, 9.17) is 0 Å². The third-order valence-corrected chi connectivity index (χ3v) is 5.82. The molecule has 2 aliphatic rings. The van der Waals surface area contributed by atoms with Crippen molar-refractivity contribution >= 4 is 5.91 Å². The smallest absolute Gasteiger partial charge is 0.257 e. The summed E-state index contributed by atoms with van der Waals surface area (Å²) in [5.74, 6) is 0.232. The lowest BCUT2D eigenvalue weighted by Crippen LogP contribution is -2.54. The van der Waals surface area contributed by atoms with Crippen LogP contribution < -0.4 is 0 Å². The normalized spacial score (nSPS) is 26.3. The lowest BCUT2D eigenvalue weighted by Gasteiger charge is -2.47. The summed E-state index contributed by atoms with van der Waals surface area (Å²) in [5.41, 5.74) is 1.77. The molecule has 2 heterocycles. The van der Waals surface area contributed by atoms with E-state index in [0.717, 1.165) is 36.9 Å². The van der Waals surface area contributed by atoms with Crippen LogP contribution in [0.25, 0.3) is 11.3 Å². The maximum Gasteiger partial charge on any atom is 0.257 e. The van der Waals surface area contributed by atoms with Crippen LogP contribution in [0.1, 0.15) is 42.5 Å². The van der Waals surface area contributed by atoms with Gasteiger partial charge in [0, 0.05) is 37.8 Å². The molecule has 1 aromatic heterocycles. The number of rotatable bonds is 2. The first-order valence-corrected chi connectivity index (χ1v) is 9.17. The molecule has 2 aromatic rings. The van der Waals surface area contributed by atoms with E-state index in [1.807, 2.05) is 48.5 Å². The molecule has 1 aliphatic carbocycles. The molecule has 1 aliphatic heterocycles. The molecule has 132 valence electrons. The SMILES string of the molecule is Cn1cc(C(=O)N2CCC3(O)CCCCC3C2)c(-c2ccccc2)n1. The number of likely N-dealkylation sites (tertiary alicyclic amines) is 1. The highest BCUT2D eigenvalue weighted by molar-refractivity contribution is 5.99. The number of hydrogen-bond donors (Lipinski definition) is 1. The van der Waals surface area contributed by atoms with Gasteiger partial charge >= 0.3 is 0 Å². The highest BCUT2D eigenvalue weighted by Gasteiger charge is 2.44. The molecule has 25 heavy (non-hydrogen) atoms. The number of aryl methyl sites for hydroxylation is 1. The third kappa shape index (κ3) is 2.97. The van der Waals surface area contributed by atoms with Crippen LogP contribution in [-0.4, -0.2) is 44.4 Å². The molecule has 0 bridgehead atoms. The van der Waals surface area contributed by atoms with Gasteiger partial charge in [0.05, 0.1) is 11.2 Å². The van der Waals surface area contributed by atoms with Crippen LogP contribution >= 0.6 is 0 Å². The van der Waals surface area contributed by atoms with E-state index in [1.54, 1.807) is 4.68 Å². The van der Waals surface area contributed by atoms with E-state index in [1.165, 1.54) is 0 Å². The zero-order valence-electron chi connectivity index (χ0n) is 14.7. The summed E-state index contributed by atoms with van der Waals surface area (Å²) in [6.07, 6.45) is 6.64. The maximum absolute atomic E-state index is 13.2. The summed E-state index contributed by atoms with van der Waals surface area (Å²) in [6, 6.07) is 9.84. The van der Waals surface area contributed by atoms with Crippen molar-refractivity contribution in [3.8, 4) is 11.3 Å². The topological polar surface area (TPSA) is 58.4 Å². The second-order valence-electron chi connectivity index (χ2n) is 7.48. The summed E-state index contributed by atoms with van der Waals surface area (Å²) >= 11 is 0. The molecule has 2 atom stereocenters. The summed E-state index contributed by atoms with van der Waals surface area (Å²) in [5, 5.41) is 15.4. The van der Waals surface area contributed by atoms with Gasteiger partial charge in [-0.05, 0) is 19.3 Å². The van der Waals surface area contributed by atoms with Crippen LogP contribution in [-0.2, 0) is 7.05 Å². The largest absolute Gasteiger partial charge is 0.389 e. The highest BCUT2D eigenvalue weighted by Crippen LogP contribution is 2.40. The van der Waals surface area contributed by atoms with Gasteiger partial charge in [0.1, 0.15) is 5.69 Å². The minimum absolute atomic E-state index is 0.0274. The van der Waals surface area contributed by atoms with Crippen molar-refractivity contribution in [2.45, 2.75) is 37.7 Å². The molecule has 0 radical (unpaired) electrons. The summed E-state index contributed by atoms with van der Waals surface area (Å²) < 4.78 is 1.70. The second-order valence-corrected chi connectivity index (χ2v) is 7.48. The van der Waals surface area contributed by atoms with Gasteiger partial charge in [-0.15, -0.1) is 0 Å². The molecule has 4 rings (SSSR count). The zero-order valence-corrected chi connectivity index (χ0v) is 14.7. The zero-order chi connectivity index (χ0) is 17.4. The maximum atomic E-state index is 13.2. The fourth-order valence-corrected chi connectivity index (χ4v) is 4.38. The summed E-state index contributed by atoms with van der Waals surface area (Å²) in [7, 11) is 1.85. The number of amides is 1. The lowest BCUT2D eigenvalue weighted by molar-refractivity contribution is -0.0886. The Hall–Kier alpha value is -2.14. The Kier molecular flexibility index (Phi) is 4.12. The third-order valence-electron chi connectivity index (χ3n) is 5.82. The van der Waals surface area contributed by atoms with Crippen molar-refractivity contribution in [1.29, 1.82) is 0 Å². The molecule has 1 N–H and O–H groups in total. The van der Waals surface area contributed by atoms with Gasteiger partial charge in [0.2, 0.25) is 0 Å². The van der Waals surface area contributed by atoms with Crippen molar-refractivity contribution < 1.29 is 9.90 Å². The number of benzene rings is 1. The number of nitrogens with zero attached hydrogens (tertiary/aromatic N) is 3. The lowest BCUT2D eigenvalue weighted by atomic mass is 9.71. The molecule has 2 fully saturated rings.